The molecule has 7 nitrogen and oxygen atoms in total. The standard InChI is InChI=1S/C27H27F4N3O4S/c1-37-26-14-20(39(2,35)36)8-9-24(26)32-11-4-5-19-13-21-23(33-15-18-10-12-38-16-22(18)28)6-3-7-25(21)34(19)17-27(29,30)31/h3,6-9,13-15,18,22,32H,10-12,16-17H2,1-2H3/b33-15+/t18?,22-/m0/s1. The summed E-state index contributed by atoms with van der Waals surface area (Å²) in [6.45, 7) is -0.779. The third-order valence-corrected chi connectivity index (χ3v) is 7.30. The summed E-state index contributed by atoms with van der Waals surface area (Å²) in [6.07, 6.45) is -2.62. The number of nitrogens with one attached hydrogen (secondary N) is 1. The molecule has 1 fully saturated rings. The number of halogens is 4. The number of sulfone groups is 1. The summed E-state index contributed by atoms with van der Waals surface area (Å²) in [6, 6.07) is 10.7. The minimum Gasteiger partial charge on any atom is -0.495 e. The van der Waals surface area contributed by atoms with Crippen LogP contribution in [0.4, 0.5) is 28.9 Å². The van der Waals surface area contributed by atoms with Crippen LogP contribution in [-0.2, 0) is 21.1 Å². The SMILES string of the molecule is COc1cc(S(C)(=O)=O)ccc1NCC#Cc1cc2c(/N=C/C3CCOC[C@@H]3F)cccc2n1CC(F)(F)F. The minimum absolute atomic E-state index is 0.00958. The molecule has 1 unspecified atom stereocenters. The van der Waals surface area contributed by atoms with Crippen LogP contribution in [0.1, 0.15) is 12.1 Å². The van der Waals surface area contributed by atoms with Crippen LogP contribution in [0.15, 0.2) is 52.4 Å². The summed E-state index contributed by atoms with van der Waals surface area (Å²) in [5.74, 6) is 5.47. The van der Waals surface area contributed by atoms with Gasteiger partial charge in [0.25, 0.3) is 0 Å². The highest BCUT2D eigenvalue weighted by Gasteiger charge is 2.30. The second-order valence-electron chi connectivity index (χ2n) is 9.05. The van der Waals surface area contributed by atoms with Crippen LogP contribution in [0.25, 0.3) is 10.9 Å². The van der Waals surface area contributed by atoms with Crippen LogP contribution in [0.3, 0.4) is 0 Å². The molecule has 12 heteroatoms. The van der Waals surface area contributed by atoms with E-state index in [1.165, 1.54) is 31.5 Å². The fraction of sp³-hybridized carbons (Fsp3) is 0.370. The number of anilines is 1. The summed E-state index contributed by atoms with van der Waals surface area (Å²) in [4.78, 5) is 4.49. The third-order valence-electron chi connectivity index (χ3n) is 6.19. The minimum atomic E-state index is -4.49. The Morgan fingerprint density at radius 3 is 2.74 bits per heavy atom. The van der Waals surface area contributed by atoms with Gasteiger partial charge in [-0.2, -0.15) is 13.2 Å². The molecule has 1 aliphatic rings. The largest absolute Gasteiger partial charge is 0.495 e. The molecule has 1 aliphatic heterocycles. The van der Waals surface area contributed by atoms with Crippen molar-refractivity contribution in [2.45, 2.75) is 30.2 Å². The smallest absolute Gasteiger partial charge is 0.406 e. The molecule has 0 amide bonds. The fourth-order valence-electron chi connectivity index (χ4n) is 4.22. The maximum absolute atomic E-state index is 14.1. The number of fused-ring (bicyclic) bond motifs is 1. The molecule has 0 aliphatic carbocycles. The number of rotatable bonds is 7. The quantitative estimate of drug-likeness (QED) is 0.243. The Balaban J connectivity index is 1.61. The highest BCUT2D eigenvalue weighted by Crippen LogP contribution is 2.32. The number of hydrogen-bond donors (Lipinski definition) is 1. The first-order valence-corrected chi connectivity index (χ1v) is 13.9. The van der Waals surface area contributed by atoms with Crippen LogP contribution < -0.4 is 10.1 Å². The van der Waals surface area contributed by atoms with Gasteiger partial charge in [0.05, 0.1) is 47.7 Å². The summed E-state index contributed by atoms with van der Waals surface area (Å²) >= 11 is 0. The van der Waals surface area contributed by atoms with Crippen LogP contribution in [0.2, 0.25) is 0 Å². The maximum Gasteiger partial charge on any atom is 0.406 e. The van der Waals surface area contributed by atoms with Crippen LogP contribution >= 0.6 is 0 Å². The van der Waals surface area contributed by atoms with E-state index in [1.54, 1.807) is 24.3 Å². The van der Waals surface area contributed by atoms with Crippen molar-refractivity contribution in [1.29, 1.82) is 0 Å². The normalized spacial score (nSPS) is 18.2. The summed E-state index contributed by atoms with van der Waals surface area (Å²) in [7, 11) is -2.04. The third kappa shape index (κ3) is 7.10. The van der Waals surface area contributed by atoms with Gasteiger partial charge < -0.3 is 19.4 Å². The highest BCUT2D eigenvalue weighted by atomic mass is 32.2. The molecule has 2 aromatic carbocycles. The van der Waals surface area contributed by atoms with Gasteiger partial charge in [0.15, 0.2) is 9.84 Å². The van der Waals surface area contributed by atoms with Gasteiger partial charge in [-0.05, 0) is 42.7 Å². The van der Waals surface area contributed by atoms with Crippen molar-refractivity contribution in [3.63, 3.8) is 0 Å². The number of benzene rings is 2. The molecule has 208 valence electrons. The lowest BCUT2D eigenvalue weighted by molar-refractivity contribution is -0.140. The van der Waals surface area contributed by atoms with Gasteiger partial charge in [-0.3, -0.25) is 4.99 Å². The van der Waals surface area contributed by atoms with E-state index in [0.29, 0.717) is 35.3 Å². The average molecular weight is 566 g/mol. The number of hydrogen-bond acceptors (Lipinski definition) is 6. The lowest BCUT2D eigenvalue weighted by Gasteiger charge is -2.22. The van der Waals surface area contributed by atoms with Crippen molar-refractivity contribution in [1.82, 2.24) is 4.57 Å². The molecule has 1 N–H and O–H groups in total. The summed E-state index contributed by atoms with van der Waals surface area (Å²) in [5, 5.41) is 3.46. The first-order chi connectivity index (χ1) is 18.5. The Morgan fingerprint density at radius 2 is 2.05 bits per heavy atom. The van der Waals surface area contributed by atoms with Crippen LogP contribution in [0, 0.1) is 17.8 Å². The lowest BCUT2D eigenvalue weighted by Crippen LogP contribution is -2.29. The average Bonchev–Trinajstić information content (AvgIpc) is 3.21. The number of methoxy groups -OCH3 is 1. The van der Waals surface area contributed by atoms with Crippen molar-refractivity contribution in [3.8, 4) is 17.6 Å². The van der Waals surface area contributed by atoms with Gasteiger partial charge in [0.1, 0.15) is 18.5 Å². The van der Waals surface area contributed by atoms with Crippen molar-refractivity contribution < 1.29 is 35.5 Å². The predicted molar refractivity (Wildman–Crippen MR) is 141 cm³/mol. The van der Waals surface area contributed by atoms with Crippen LogP contribution in [-0.4, -0.2) is 64.7 Å². The molecule has 0 spiro atoms. The van der Waals surface area contributed by atoms with Crippen molar-refractivity contribution >= 4 is 38.3 Å². The Labute approximate surface area is 223 Å². The molecule has 4 rings (SSSR count). The molecule has 0 bridgehead atoms. The van der Waals surface area contributed by atoms with Gasteiger partial charge in [0, 0.05) is 36.4 Å². The number of ether oxygens (including phenoxy) is 2. The van der Waals surface area contributed by atoms with E-state index < -0.39 is 34.6 Å². The summed E-state index contributed by atoms with van der Waals surface area (Å²) in [5.41, 5.74) is 1.34. The molecule has 2 heterocycles. The van der Waals surface area contributed by atoms with E-state index >= 15 is 0 Å². The number of alkyl halides is 4. The zero-order chi connectivity index (χ0) is 28.2. The van der Waals surface area contributed by atoms with E-state index in [2.05, 4.69) is 22.2 Å². The van der Waals surface area contributed by atoms with Crippen LogP contribution in [0.5, 0.6) is 5.75 Å². The topological polar surface area (TPSA) is 81.9 Å². The Kier molecular flexibility index (Phi) is 8.51. The monoisotopic (exact) mass is 565 g/mol. The molecule has 1 saturated heterocycles. The van der Waals surface area contributed by atoms with E-state index in [4.69, 9.17) is 9.47 Å². The zero-order valence-electron chi connectivity index (χ0n) is 21.3. The predicted octanol–water partition coefficient (Wildman–Crippen LogP) is 5.16. The van der Waals surface area contributed by atoms with E-state index in [0.717, 1.165) is 10.8 Å². The molecule has 2 atom stereocenters. The second-order valence-corrected chi connectivity index (χ2v) is 11.1. The van der Waals surface area contributed by atoms with Crippen molar-refractivity contribution in [2.75, 3.05) is 38.4 Å². The number of aliphatic imine (C=N–C) groups is 1. The Bertz CT molecular complexity index is 1540. The maximum atomic E-state index is 14.1. The van der Waals surface area contributed by atoms with E-state index in [-0.39, 0.29) is 29.5 Å². The lowest BCUT2D eigenvalue weighted by atomic mass is 10.00. The Morgan fingerprint density at radius 1 is 1.26 bits per heavy atom. The van der Waals surface area contributed by atoms with Gasteiger partial charge in [-0.15, -0.1) is 0 Å². The van der Waals surface area contributed by atoms with Gasteiger partial charge in [-0.1, -0.05) is 12.0 Å². The first kappa shape index (κ1) is 28.4. The zero-order valence-corrected chi connectivity index (χ0v) is 22.1. The molecule has 0 radical (unpaired) electrons. The summed E-state index contributed by atoms with van der Waals surface area (Å²) < 4.78 is 89.5. The second kappa shape index (κ2) is 11.7. The van der Waals surface area contributed by atoms with Crippen molar-refractivity contribution in [3.05, 3.63) is 48.2 Å². The molecular formula is C27H27F4N3O4S. The van der Waals surface area contributed by atoms with Crippen molar-refractivity contribution in [2.24, 2.45) is 10.9 Å². The van der Waals surface area contributed by atoms with Gasteiger partial charge in [0.2, 0.25) is 0 Å². The van der Waals surface area contributed by atoms with Gasteiger partial charge >= 0.3 is 6.18 Å². The molecule has 3 aromatic rings. The van der Waals surface area contributed by atoms with E-state index in [9.17, 15) is 26.0 Å². The van der Waals surface area contributed by atoms with Gasteiger partial charge in [-0.25, -0.2) is 12.8 Å². The Hall–Kier alpha value is -3.56. The molecule has 0 saturated carbocycles. The fourth-order valence-corrected chi connectivity index (χ4v) is 4.86. The highest BCUT2D eigenvalue weighted by molar-refractivity contribution is 7.90. The number of nitrogens with zero attached hydrogens (tertiary/aromatic N) is 2. The molecule has 1 aromatic heterocycles. The molecular weight excluding hydrogens is 538 g/mol. The van der Waals surface area contributed by atoms with E-state index in [1.807, 2.05) is 0 Å². The molecule has 39 heavy (non-hydrogen) atoms. The first-order valence-electron chi connectivity index (χ1n) is 12.0. The number of aromatic nitrogens is 1.